The number of nitrogens with zero attached hydrogens (tertiary/aromatic N) is 2. The van der Waals surface area contributed by atoms with E-state index in [2.05, 4.69) is 12.1 Å². The molecule has 0 aliphatic carbocycles. The van der Waals surface area contributed by atoms with Crippen LogP contribution >= 0.6 is 0 Å². The highest BCUT2D eigenvalue weighted by atomic mass is 16.2. The maximum atomic E-state index is 12.6. The highest BCUT2D eigenvalue weighted by Gasteiger charge is 2.22. The fraction of sp³-hybridized carbons (Fsp3) is 0.222. The third kappa shape index (κ3) is 2.66. The largest absolute Gasteiger partial charge is 0.312 e. The first-order valence-electron chi connectivity index (χ1n) is 7.16. The van der Waals surface area contributed by atoms with Crippen LogP contribution < -0.4 is 4.90 Å². The Bertz CT molecular complexity index is 715. The molecule has 3 nitrogen and oxygen atoms in total. The molecule has 0 N–H and O–H groups in total. The highest BCUT2D eigenvalue weighted by molar-refractivity contribution is 5.96. The molecule has 1 amide bonds. The zero-order valence-electron chi connectivity index (χ0n) is 11.7. The van der Waals surface area contributed by atoms with Crippen molar-refractivity contribution in [3.05, 3.63) is 65.2 Å². The second kappa shape index (κ2) is 5.80. The van der Waals surface area contributed by atoms with Crippen LogP contribution in [0, 0.1) is 11.3 Å². The molecule has 0 radical (unpaired) electrons. The summed E-state index contributed by atoms with van der Waals surface area (Å²) < 4.78 is 0. The van der Waals surface area contributed by atoms with E-state index < -0.39 is 0 Å². The van der Waals surface area contributed by atoms with Crippen LogP contribution in [-0.4, -0.2) is 12.5 Å². The van der Waals surface area contributed by atoms with Gasteiger partial charge in [0.1, 0.15) is 0 Å². The SMILES string of the molecule is N#Cc1ccccc1CC(=O)N1CCCc2ccccc21. The van der Waals surface area contributed by atoms with E-state index in [0.717, 1.165) is 30.6 Å². The van der Waals surface area contributed by atoms with Crippen LogP contribution in [0.25, 0.3) is 0 Å². The smallest absolute Gasteiger partial charge is 0.231 e. The Morgan fingerprint density at radius 1 is 1.14 bits per heavy atom. The van der Waals surface area contributed by atoms with Gasteiger partial charge in [0, 0.05) is 12.2 Å². The molecule has 0 saturated heterocycles. The van der Waals surface area contributed by atoms with Crippen LogP contribution in [0.3, 0.4) is 0 Å². The van der Waals surface area contributed by atoms with E-state index in [1.54, 1.807) is 6.07 Å². The number of amides is 1. The van der Waals surface area contributed by atoms with Crippen molar-refractivity contribution in [3.8, 4) is 6.07 Å². The molecule has 0 aromatic heterocycles. The van der Waals surface area contributed by atoms with Gasteiger partial charge in [-0.05, 0) is 36.1 Å². The molecule has 21 heavy (non-hydrogen) atoms. The van der Waals surface area contributed by atoms with E-state index in [1.165, 1.54) is 5.56 Å². The first-order valence-corrected chi connectivity index (χ1v) is 7.16. The number of anilines is 1. The van der Waals surface area contributed by atoms with Crippen molar-refractivity contribution in [2.75, 3.05) is 11.4 Å². The number of carbonyl (C=O) groups excluding carboxylic acids is 1. The van der Waals surface area contributed by atoms with Gasteiger partial charge in [0.15, 0.2) is 0 Å². The zero-order valence-corrected chi connectivity index (χ0v) is 11.7. The molecule has 2 aromatic carbocycles. The molecule has 3 rings (SSSR count). The molecule has 1 heterocycles. The summed E-state index contributed by atoms with van der Waals surface area (Å²) in [4.78, 5) is 14.5. The summed E-state index contributed by atoms with van der Waals surface area (Å²) in [5, 5.41) is 9.12. The Morgan fingerprint density at radius 2 is 1.90 bits per heavy atom. The van der Waals surface area contributed by atoms with Gasteiger partial charge in [0.2, 0.25) is 5.91 Å². The average Bonchev–Trinajstić information content (AvgIpc) is 2.54. The minimum atomic E-state index is 0.0600. The maximum absolute atomic E-state index is 12.6. The Labute approximate surface area is 124 Å². The minimum Gasteiger partial charge on any atom is -0.312 e. The lowest BCUT2D eigenvalue weighted by molar-refractivity contribution is -0.118. The molecule has 1 aliphatic rings. The first kappa shape index (κ1) is 13.4. The maximum Gasteiger partial charge on any atom is 0.231 e. The average molecular weight is 276 g/mol. The van der Waals surface area contributed by atoms with Gasteiger partial charge in [-0.3, -0.25) is 4.79 Å². The van der Waals surface area contributed by atoms with Crippen LogP contribution in [0.2, 0.25) is 0 Å². The van der Waals surface area contributed by atoms with Crippen LogP contribution in [-0.2, 0) is 17.6 Å². The van der Waals surface area contributed by atoms with E-state index in [9.17, 15) is 4.79 Å². The van der Waals surface area contributed by atoms with Gasteiger partial charge in [0.25, 0.3) is 0 Å². The number of hydrogen-bond acceptors (Lipinski definition) is 2. The van der Waals surface area contributed by atoms with Gasteiger partial charge < -0.3 is 4.90 Å². The zero-order chi connectivity index (χ0) is 14.7. The van der Waals surface area contributed by atoms with Gasteiger partial charge in [-0.15, -0.1) is 0 Å². The molecule has 0 saturated carbocycles. The fourth-order valence-electron chi connectivity index (χ4n) is 2.83. The van der Waals surface area contributed by atoms with Gasteiger partial charge in [-0.25, -0.2) is 0 Å². The number of benzene rings is 2. The normalized spacial score (nSPS) is 13.4. The van der Waals surface area contributed by atoms with Gasteiger partial charge >= 0.3 is 0 Å². The number of nitriles is 1. The molecule has 104 valence electrons. The lowest BCUT2D eigenvalue weighted by Gasteiger charge is -2.29. The third-order valence-electron chi connectivity index (χ3n) is 3.89. The lowest BCUT2D eigenvalue weighted by atomic mass is 10.00. The topological polar surface area (TPSA) is 44.1 Å². The van der Waals surface area contributed by atoms with Gasteiger partial charge in [0.05, 0.1) is 18.1 Å². The van der Waals surface area contributed by atoms with Crippen LogP contribution in [0.15, 0.2) is 48.5 Å². The molecule has 0 spiro atoms. The predicted octanol–water partition coefficient (Wildman–Crippen LogP) is 3.08. The molecule has 0 atom stereocenters. The van der Waals surface area contributed by atoms with E-state index in [-0.39, 0.29) is 12.3 Å². The molecular weight excluding hydrogens is 260 g/mol. The highest BCUT2D eigenvalue weighted by Crippen LogP contribution is 2.27. The number of rotatable bonds is 2. The molecule has 0 unspecified atom stereocenters. The Kier molecular flexibility index (Phi) is 3.70. The predicted molar refractivity (Wildman–Crippen MR) is 82.0 cm³/mol. The number of aryl methyl sites for hydroxylation is 1. The van der Waals surface area contributed by atoms with Crippen molar-refractivity contribution in [2.45, 2.75) is 19.3 Å². The molecule has 1 aliphatic heterocycles. The summed E-state index contributed by atoms with van der Waals surface area (Å²) >= 11 is 0. The van der Waals surface area contributed by atoms with Crippen molar-refractivity contribution in [1.29, 1.82) is 5.26 Å². The van der Waals surface area contributed by atoms with Crippen LogP contribution in [0.5, 0.6) is 0 Å². The first-order chi connectivity index (χ1) is 10.3. The van der Waals surface area contributed by atoms with E-state index >= 15 is 0 Å². The van der Waals surface area contributed by atoms with E-state index in [1.807, 2.05) is 41.3 Å². The summed E-state index contributed by atoms with van der Waals surface area (Å²) in [5.74, 6) is 0.0600. The molecule has 0 fully saturated rings. The molecule has 3 heteroatoms. The Balaban J connectivity index is 1.86. The number of fused-ring (bicyclic) bond motifs is 1. The third-order valence-corrected chi connectivity index (χ3v) is 3.89. The second-order valence-electron chi connectivity index (χ2n) is 5.22. The number of hydrogen-bond donors (Lipinski definition) is 0. The number of carbonyl (C=O) groups is 1. The van der Waals surface area contributed by atoms with Crippen molar-refractivity contribution in [3.63, 3.8) is 0 Å². The summed E-state index contributed by atoms with van der Waals surface area (Å²) in [5.41, 5.74) is 3.62. The standard InChI is InChI=1S/C18H16N2O/c19-13-16-8-2-1-7-15(16)12-18(21)20-11-5-9-14-6-3-4-10-17(14)20/h1-4,6-8,10H,5,9,11-12H2. The van der Waals surface area contributed by atoms with Gasteiger partial charge in [-0.1, -0.05) is 36.4 Å². The second-order valence-corrected chi connectivity index (χ2v) is 5.22. The van der Waals surface area contributed by atoms with Gasteiger partial charge in [-0.2, -0.15) is 5.26 Å². The lowest BCUT2D eigenvalue weighted by Crippen LogP contribution is -2.36. The molecule has 0 bridgehead atoms. The van der Waals surface area contributed by atoms with E-state index in [4.69, 9.17) is 5.26 Å². The van der Waals surface area contributed by atoms with Crippen LogP contribution in [0.4, 0.5) is 5.69 Å². The van der Waals surface area contributed by atoms with Crippen molar-refractivity contribution < 1.29 is 4.79 Å². The number of para-hydroxylation sites is 1. The summed E-state index contributed by atoms with van der Waals surface area (Å²) in [6.45, 7) is 0.755. The summed E-state index contributed by atoms with van der Waals surface area (Å²) in [6, 6.07) is 17.5. The van der Waals surface area contributed by atoms with Crippen molar-refractivity contribution in [2.24, 2.45) is 0 Å². The Hall–Kier alpha value is -2.60. The summed E-state index contributed by atoms with van der Waals surface area (Å²) in [6.07, 6.45) is 2.29. The summed E-state index contributed by atoms with van der Waals surface area (Å²) in [7, 11) is 0. The molecule has 2 aromatic rings. The quantitative estimate of drug-likeness (QED) is 0.846. The fourth-order valence-corrected chi connectivity index (χ4v) is 2.83. The van der Waals surface area contributed by atoms with Crippen molar-refractivity contribution in [1.82, 2.24) is 0 Å². The van der Waals surface area contributed by atoms with E-state index in [0.29, 0.717) is 5.56 Å². The minimum absolute atomic E-state index is 0.0600. The monoisotopic (exact) mass is 276 g/mol. The molecular formula is C18H16N2O. The van der Waals surface area contributed by atoms with Crippen LogP contribution in [0.1, 0.15) is 23.1 Å². The van der Waals surface area contributed by atoms with Crippen molar-refractivity contribution >= 4 is 11.6 Å². The Morgan fingerprint density at radius 3 is 2.76 bits per heavy atom.